The topological polar surface area (TPSA) is 37.3 Å². The number of carbonyl (C=O) groups is 1. The molecule has 0 aromatic heterocycles. The summed E-state index contributed by atoms with van der Waals surface area (Å²) in [5, 5.41) is 8.92. The highest BCUT2D eigenvalue weighted by atomic mass is 19.4. The van der Waals surface area contributed by atoms with Gasteiger partial charge in [-0.15, -0.1) is 0 Å². The fraction of sp³-hybridized carbons (Fsp3) is 0.118. The van der Waals surface area contributed by atoms with Crippen LogP contribution in [-0.4, -0.2) is 10.9 Å². The smallest absolute Gasteiger partial charge is 0.392 e. The van der Waals surface area contributed by atoms with Gasteiger partial charge in [0, 0.05) is 5.56 Å². The average Bonchev–Trinajstić information content (AvgIpc) is 2.52. The van der Waals surface area contributed by atoms with Gasteiger partial charge < -0.3 is 5.11 Å². The number of rotatable bonds is 4. The molecule has 0 fully saturated rings. The van der Waals surface area contributed by atoms with Gasteiger partial charge in [0.2, 0.25) is 0 Å². The zero-order valence-electron chi connectivity index (χ0n) is 11.5. The molecule has 2 nitrogen and oxygen atoms in total. The highest BCUT2D eigenvalue weighted by molar-refractivity contribution is 6.06. The van der Waals surface area contributed by atoms with Crippen LogP contribution in [0.25, 0.3) is 6.08 Å². The van der Waals surface area contributed by atoms with E-state index in [2.05, 4.69) is 0 Å². The maximum Gasteiger partial charge on any atom is 0.416 e. The number of allylic oxidation sites excluding steroid dienone is 1. The number of carbonyl (C=O) groups excluding carboxylic acids is 1. The van der Waals surface area contributed by atoms with Crippen LogP contribution in [0.5, 0.6) is 0 Å². The number of aliphatic hydroxyl groups excluding tert-OH is 1. The largest absolute Gasteiger partial charge is 0.416 e. The van der Waals surface area contributed by atoms with E-state index in [9.17, 15) is 18.0 Å². The van der Waals surface area contributed by atoms with Crippen LogP contribution in [0.3, 0.4) is 0 Å². The van der Waals surface area contributed by atoms with Crippen LogP contribution in [0.15, 0.2) is 54.6 Å². The second-order valence-corrected chi connectivity index (χ2v) is 4.68. The zero-order chi connectivity index (χ0) is 16.2. The molecule has 114 valence electrons. The minimum atomic E-state index is -4.41. The molecule has 0 aliphatic heterocycles. The molecule has 2 rings (SSSR count). The first-order valence-corrected chi connectivity index (χ1v) is 6.49. The lowest BCUT2D eigenvalue weighted by atomic mass is 10.1. The number of alkyl halides is 3. The van der Waals surface area contributed by atoms with Crippen molar-refractivity contribution >= 4 is 11.9 Å². The second-order valence-electron chi connectivity index (χ2n) is 4.68. The lowest BCUT2D eigenvalue weighted by molar-refractivity contribution is -0.137. The molecule has 1 N–H and O–H groups in total. The maximum absolute atomic E-state index is 12.6. The van der Waals surface area contributed by atoms with Crippen LogP contribution in [0.2, 0.25) is 0 Å². The summed E-state index contributed by atoms with van der Waals surface area (Å²) in [4.78, 5) is 11.9. The van der Waals surface area contributed by atoms with Gasteiger partial charge in [0.15, 0.2) is 5.78 Å². The molecule has 22 heavy (non-hydrogen) atoms. The number of aliphatic hydroxyl groups is 1. The third kappa shape index (κ3) is 4.05. The van der Waals surface area contributed by atoms with E-state index in [1.807, 2.05) is 0 Å². The van der Waals surface area contributed by atoms with Crippen LogP contribution in [-0.2, 0) is 12.8 Å². The lowest BCUT2D eigenvalue weighted by Crippen LogP contribution is -2.04. The second kappa shape index (κ2) is 6.58. The quantitative estimate of drug-likeness (QED) is 0.682. The molecule has 0 saturated heterocycles. The van der Waals surface area contributed by atoms with E-state index in [1.165, 1.54) is 24.3 Å². The van der Waals surface area contributed by atoms with Crippen molar-refractivity contribution in [2.75, 3.05) is 0 Å². The van der Waals surface area contributed by atoms with Gasteiger partial charge >= 0.3 is 6.18 Å². The van der Waals surface area contributed by atoms with Gasteiger partial charge in [0.05, 0.1) is 12.2 Å². The van der Waals surface area contributed by atoms with Crippen molar-refractivity contribution in [1.82, 2.24) is 0 Å². The summed E-state index contributed by atoms with van der Waals surface area (Å²) in [7, 11) is 0. The molecule has 0 spiro atoms. The van der Waals surface area contributed by atoms with Gasteiger partial charge in [-0.3, -0.25) is 4.79 Å². The van der Waals surface area contributed by atoms with Gasteiger partial charge in [-0.05, 0) is 29.3 Å². The first kappa shape index (κ1) is 16.0. The van der Waals surface area contributed by atoms with Crippen LogP contribution >= 0.6 is 0 Å². The normalized spacial score (nSPS) is 11.8. The SMILES string of the molecule is O=C(C=Cc1cccc(C(F)(F)F)c1)c1ccc(CO)cc1. The minimum Gasteiger partial charge on any atom is -0.392 e. The van der Waals surface area contributed by atoms with Crippen LogP contribution in [0, 0.1) is 0 Å². The number of benzene rings is 2. The Balaban J connectivity index is 2.15. The summed E-state index contributed by atoms with van der Waals surface area (Å²) < 4.78 is 37.8. The summed E-state index contributed by atoms with van der Waals surface area (Å²) in [6, 6.07) is 11.1. The molecular formula is C17H13F3O2. The number of hydrogen-bond donors (Lipinski definition) is 1. The lowest BCUT2D eigenvalue weighted by Gasteiger charge is -2.06. The molecule has 0 heterocycles. The third-order valence-corrected chi connectivity index (χ3v) is 3.06. The molecule has 0 aliphatic carbocycles. The molecule has 0 radical (unpaired) electrons. The van der Waals surface area contributed by atoms with Gasteiger partial charge in [0.1, 0.15) is 0 Å². The predicted molar refractivity (Wildman–Crippen MR) is 77.2 cm³/mol. The summed E-state index contributed by atoms with van der Waals surface area (Å²) in [5.74, 6) is -0.318. The Bertz CT molecular complexity index is 686. The molecule has 0 saturated carbocycles. The van der Waals surface area contributed by atoms with Crippen molar-refractivity contribution in [3.8, 4) is 0 Å². The van der Waals surface area contributed by atoms with E-state index in [0.29, 0.717) is 16.7 Å². The molecule has 5 heteroatoms. The average molecular weight is 306 g/mol. The first-order chi connectivity index (χ1) is 10.4. The van der Waals surface area contributed by atoms with E-state index >= 15 is 0 Å². The van der Waals surface area contributed by atoms with E-state index < -0.39 is 11.7 Å². The highest BCUT2D eigenvalue weighted by Gasteiger charge is 2.30. The Morgan fingerprint density at radius 3 is 2.36 bits per heavy atom. The van der Waals surface area contributed by atoms with Crippen LogP contribution < -0.4 is 0 Å². The monoisotopic (exact) mass is 306 g/mol. The molecular weight excluding hydrogens is 293 g/mol. The van der Waals surface area contributed by atoms with Crippen molar-refractivity contribution in [3.63, 3.8) is 0 Å². The Labute approximate surface area is 125 Å². The third-order valence-electron chi connectivity index (χ3n) is 3.06. The Morgan fingerprint density at radius 2 is 1.77 bits per heavy atom. The summed E-state index contributed by atoms with van der Waals surface area (Å²) in [6.07, 6.45) is -1.84. The first-order valence-electron chi connectivity index (χ1n) is 6.49. The van der Waals surface area contributed by atoms with E-state index in [-0.39, 0.29) is 12.4 Å². The highest BCUT2D eigenvalue weighted by Crippen LogP contribution is 2.29. The zero-order valence-corrected chi connectivity index (χ0v) is 11.5. The summed E-state index contributed by atoms with van der Waals surface area (Å²) >= 11 is 0. The van der Waals surface area contributed by atoms with Crippen LogP contribution in [0.4, 0.5) is 13.2 Å². The van der Waals surface area contributed by atoms with Crippen molar-refractivity contribution < 1.29 is 23.1 Å². The summed E-state index contributed by atoms with van der Waals surface area (Å²) in [5.41, 5.74) is 0.628. The molecule has 0 unspecified atom stereocenters. The molecule has 0 aliphatic rings. The van der Waals surface area contributed by atoms with Crippen molar-refractivity contribution in [3.05, 3.63) is 76.9 Å². The number of halogens is 3. The standard InChI is InChI=1S/C17H13F3O2/c18-17(19,20)15-3-1-2-12(10-15)6-9-16(22)14-7-4-13(11-21)5-8-14/h1-10,21H,11H2. The van der Waals surface area contributed by atoms with E-state index in [4.69, 9.17) is 5.11 Å². The predicted octanol–water partition coefficient (Wildman–Crippen LogP) is 4.09. The molecule has 0 atom stereocenters. The van der Waals surface area contributed by atoms with Gasteiger partial charge in [-0.2, -0.15) is 13.2 Å². The Hall–Kier alpha value is -2.40. The van der Waals surface area contributed by atoms with Gasteiger partial charge in [-0.25, -0.2) is 0 Å². The van der Waals surface area contributed by atoms with E-state index in [0.717, 1.165) is 12.1 Å². The fourth-order valence-electron chi connectivity index (χ4n) is 1.86. The molecule has 2 aromatic rings. The molecule has 0 bridgehead atoms. The summed E-state index contributed by atoms with van der Waals surface area (Å²) in [6.45, 7) is -0.117. The Kier molecular flexibility index (Phi) is 4.78. The number of ketones is 1. The van der Waals surface area contributed by atoms with Crippen molar-refractivity contribution in [2.24, 2.45) is 0 Å². The Morgan fingerprint density at radius 1 is 1.09 bits per heavy atom. The molecule has 0 amide bonds. The van der Waals surface area contributed by atoms with Crippen molar-refractivity contribution in [2.45, 2.75) is 12.8 Å². The minimum absolute atomic E-state index is 0.117. The van der Waals surface area contributed by atoms with Crippen molar-refractivity contribution in [1.29, 1.82) is 0 Å². The number of hydrogen-bond acceptors (Lipinski definition) is 2. The van der Waals surface area contributed by atoms with Gasteiger partial charge in [0.25, 0.3) is 0 Å². The van der Waals surface area contributed by atoms with E-state index in [1.54, 1.807) is 24.3 Å². The fourth-order valence-corrected chi connectivity index (χ4v) is 1.86. The maximum atomic E-state index is 12.6. The van der Waals surface area contributed by atoms with Crippen LogP contribution in [0.1, 0.15) is 27.0 Å². The van der Waals surface area contributed by atoms with Gasteiger partial charge in [-0.1, -0.05) is 42.5 Å². The molecule has 2 aromatic carbocycles.